The molecule has 0 saturated carbocycles. The van der Waals surface area contributed by atoms with Crippen LogP contribution in [0.4, 0.5) is 18.9 Å². The van der Waals surface area contributed by atoms with Crippen LogP contribution in [0.1, 0.15) is 44.9 Å². The number of hydrogen-bond donors (Lipinski definition) is 1. The second kappa shape index (κ2) is 8.75. The number of aryl methyl sites for hydroxylation is 2. The van der Waals surface area contributed by atoms with Crippen LogP contribution in [0, 0.1) is 0 Å². The lowest BCUT2D eigenvalue weighted by molar-refractivity contribution is -0.137. The molecule has 1 heterocycles. The zero-order valence-electron chi connectivity index (χ0n) is 15.7. The van der Waals surface area contributed by atoms with Crippen molar-refractivity contribution in [1.82, 2.24) is 4.90 Å². The molecule has 1 aromatic carbocycles. The van der Waals surface area contributed by atoms with Crippen LogP contribution in [-0.4, -0.2) is 30.3 Å². The monoisotopic (exact) mass is 444 g/mol. The summed E-state index contributed by atoms with van der Waals surface area (Å²) in [5.41, 5.74) is 0.145. The molecular weight excluding hydrogens is 425 g/mol. The quantitative estimate of drug-likeness (QED) is 0.642. The van der Waals surface area contributed by atoms with Crippen molar-refractivity contribution >= 4 is 40.4 Å². The third-order valence-electron chi connectivity index (χ3n) is 4.74. The molecule has 2 amide bonds. The summed E-state index contributed by atoms with van der Waals surface area (Å²) in [6.45, 7) is -0.272. The Bertz CT molecular complexity index is 903. The lowest BCUT2D eigenvalue weighted by atomic mass is 10.1. The summed E-state index contributed by atoms with van der Waals surface area (Å²) < 4.78 is 38.8. The van der Waals surface area contributed by atoms with E-state index in [1.807, 2.05) is 6.07 Å². The summed E-state index contributed by atoms with van der Waals surface area (Å²) in [5.74, 6) is -0.861. The van der Waals surface area contributed by atoms with Gasteiger partial charge in [-0.25, -0.2) is 0 Å². The van der Waals surface area contributed by atoms with Gasteiger partial charge in [0.25, 0.3) is 5.91 Å². The highest BCUT2D eigenvalue weighted by Crippen LogP contribution is 2.36. The minimum atomic E-state index is -4.62. The lowest BCUT2D eigenvalue weighted by Gasteiger charge is -2.17. The van der Waals surface area contributed by atoms with E-state index in [1.165, 1.54) is 46.2 Å². The number of rotatable bonds is 4. The molecule has 1 N–H and O–H groups in total. The predicted octanol–water partition coefficient (Wildman–Crippen LogP) is 5.40. The summed E-state index contributed by atoms with van der Waals surface area (Å²) in [6.07, 6.45) is 0.710. The molecule has 29 heavy (non-hydrogen) atoms. The number of hydrogen-bond acceptors (Lipinski definition) is 3. The second-order valence-electron chi connectivity index (χ2n) is 7.02. The Morgan fingerprint density at radius 3 is 2.62 bits per heavy atom. The lowest BCUT2D eigenvalue weighted by Crippen LogP contribution is -2.34. The SMILES string of the molecule is CN(CC(=O)Nc1ccc(Cl)c(C(F)(F)F)c1)C(=O)c1cc2c(s1)CCCCC2. The van der Waals surface area contributed by atoms with Crippen molar-refractivity contribution in [1.29, 1.82) is 0 Å². The van der Waals surface area contributed by atoms with E-state index in [2.05, 4.69) is 5.32 Å². The summed E-state index contributed by atoms with van der Waals surface area (Å²) in [5, 5.41) is 1.94. The Kier molecular flexibility index (Phi) is 6.53. The maximum atomic E-state index is 12.9. The van der Waals surface area contributed by atoms with Crippen LogP contribution in [0.5, 0.6) is 0 Å². The first-order valence-electron chi connectivity index (χ1n) is 9.19. The van der Waals surface area contributed by atoms with Crippen molar-refractivity contribution in [2.75, 3.05) is 18.9 Å². The van der Waals surface area contributed by atoms with Crippen LogP contribution in [0.2, 0.25) is 5.02 Å². The molecule has 0 unspecified atom stereocenters. The van der Waals surface area contributed by atoms with E-state index in [0.29, 0.717) is 4.88 Å². The van der Waals surface area contributed by atoms with Gasteiger partial charge < -0.3 is 10.2 Å². The van der Waals surface area contributed by atoms with Crippen LogP contribution < -0.4 is 5.32 Å². The molecule has 156 valence electrons. The fourth-order valence-corrected chi connectivity index (χ4v) is 4.74. The van der Waals surface area contributed by atoms with E-state index in [9.17, 15) is 22.8 Å². The van der Waals surface area contributed by atoms with Crippen molar-refractivity contribution in [3.8, 4) is 0 Å². The van der Waals surface area contributed by atoms with Crippen LogP contribution in [0.15, 0.2) is 24.3 Å². The zero-order chi connectivity index (χ0) is 21.2. The molecule has 1 aliphatic rings. The Balaban J connectivity index is 1.64. The number of benzene rings is 1. The average Bonchev–Trinajstić information content (AvgIpc) is 2.92. The molecule has 0 fully saturated rings. The molecule has 2 aromatic rings. The highest BCUT2D eigenvalue weighted by atomic mass is 35.5. The first kappa shape index (κ1) is 21.6. The van der Waals surface area contributed by atoms with Crippen LogP contribution in [-0.2, 0) is 23.8 Å². The first-order valence-corrected chi connectivity index (χ1v) is 10.4. The Morgan fingerprint density at radius 2 is 1.90 bits per heavy atom. The smallest absolute Gasteiger partial charge is 0.332 e. The van der Waals surface area contributed by atoms with E-state index in [1.54, 1.807) is 0 Å². The highest BCUT2D eigenvalue weighted by molar-refractivity contribution is 7.14. The number of thiophene rings is 1. The number of anilines is 1. The van der Waals surface area contributed by atoms with E-state index in [4.69, 9.17) is 11.6 Å². The number of nitrogens with one attached hydrogen (secondary N) is 1. The number of fused-ring (bicyclic) bond motifs is 1. The number of alkyl halides is 3. The maximum absolute atomic E-state index is 12.9. The molecule has 0 spiro atoms. The molecule has 3 rings (SSSR count). The normalized spacial score (nSPS) is 14.1. The number of halogens is 4. The van der Waals surface area contributed by atoms with Gasteiger partial charge in [0.15, 0.2) is 0 Å². The summed E-state index contributed by atoms with van der Waals surface area (Å²) in [6, 6.07) is 5.04. The molecular formula is C20H20ClF3N2O2S. The maximum Gasteiger partial charge on any atom is 0.417 e. The van der Waals surface area contributed by atoms with Crippen molar-refractivity contribution in [3.63, 3.8) is 0 Å². The van der Waals surface area contributed by atoms with Gasteiger partial charge in [0.05, 0.1) is 22.0 Å². The van der Waals surface area contributed by atoms with Crippen molar-refractivity contribution in [3.05, 3.63) is 50.2 Å². The summed E-state index contributed by atoms with van der Waals surface area (Å²) in [4.78, 5) is 28.0. The highest BCUT2D eigenvalue weighted by Gasteiger charge is 2.33. The molecule has 1 aromatic heterocycles. The van der Waals surface area contributed by atoms with Gasteiger partial charge in [0, 0.05) is 17.6 Å². The molecule has 0 radical (unpaired) electrons. The van der Waals surface area contributed by atoms with Crippen molar-refractivity contribution < 1.29 is 22.8 Å². The van der Waals surface area contributed by atoms with E-state index in [0.717, 1.165) is 37.8 Å². The van der Waals surface area contributed by atoms with Gasteiger partial charge in [-0.3, -0.25) is 9.59 Å². The predicted molar refractivity (Wildman–Crippen MR) is 108 cm³/mol. The van der Waals surface area contributed by atoms with Crippen LogP contribution in [0.3, 0.4) is 0 Å². The second-order valence-corrected chi connectivity index (χ2v) is 8.57. The Morgan fingerprint density at radius 1 is 1.17 bits per heavy atom. The van der Waals surface area contributed by atoms with E-state index < -0.39 is 22.7 Å². The minimum absolute atomic E-state index is 0.0320. The first-order chi connectivity index (χ1) is 13.6. The van der Waals surface area contributed by atoms with Gasteiger partial charge in [-0.1, -0.05) is 18.0 Å². The van der Waals surface area contributed by atoms with Gasteiger partial charge in [0.2, 0.25) is 5.91 Å². The van der Waals surface area contributed by atoms with Gasteiger partial charge in [-0.15, -0.1) is 11.3 Å². The minimum Gasteiger partial charge on any atom is -0.332 e. The standard InChI is InChI=1S/C20H20ClF3N2O2S/c1-26(19(28)17-9-12-5-3-2-4-6-16(12)29-17)11-18(27)25-13-7-8-15(21)14(10-13)20(22,23)24/h7-10H,2-6,11H2,1H3,(H,25,27). The zero-order valence-corrected chi connectivity index (χ0v) is 17.3. The summed E-state index contributed by atoms with van der Waals surface area (Å²) in [7, 11) is 1.50. The van der Waals surface area contributed by atoms with Gasteiger partial charge in [-0.05, 0) is 55.5 Å². The third kappa shape index (κ3) is 5.30. The number of carbonyl (C=O) groups excluding carboxylic acids is 2. The fraction of sp³-hybridized carbons (Fsp3) is 0.400. The number of nitrogens with zero attached hydrogens (tertiary/aromatic N) is 1. The Hall–Kier alpha value is -2.06. The number of carbonyl (C=O) groups is 2. The molecule has 0 saturated heterocycles. The van der Waals surface area contributed by atoms with E-state index >= 15 is 0 Å². The van der Waals surface area contributed by atoms with Gasteiger partial charge in [-0.2, -0.15) is 13.2 Å². The molecule has 0 bridgehead atoms. The average molecular weight is 445 g/mol. The largest absolute Gasteiger partial charge is 0.417 e. The Labute approximate surface area is 175 Å². The molecule has 9 heteroatoms. The topological polar surface area (TPSA) is 49.4 Å². The third-order valence-corrected chi connectivity index (χ3v) is 6.30. The summed E-state index contributed by atoms with van der Waals surface area (Å²) >= 11 is 7.04. The molecule has 0 aliphatic heterocycles. The van der Waals surface area contributed by atoms with Crippen LogP contribution >= 0.6 is 22.9 Å². The molecule has 4 nitrogen and oxygen atoms in total. The van der Waals surface area contributed by atoms with Gasteiger partial charge >= 0.3 is 6.18 Å². The molecule has 0 atom stereocenters. The van der Waals surface area contributed by atoms with E-state index in [-0.39, 0.29) is 18.1 Å². The molecule has 1 aliphatic carbocycles. The van der Waals surface area contributed by atoms with Crippen molar-refractivity contribution in [2.24, 2.45) is 0 Å². The van der Waals surface area contributed by atoms with Gasteiger partial charge in [0.1, 0.15) is 0 Å². The number of amides is 2. The fourth-order valence-electron chi connectivity index (χ4n) is 3.27. The number of likely N-dealkylation sites (N-methyl/N-ethyl adjacent to an activating group) is 1. The van der Waals surface area contributed by atoms with Crippen molar-refractivity contribution in [2.45, 2.75) is 38.3 Å². The van der Waals surface area contributed by atoms with Crippen LogP contribution in [0.25, 0.3) is 0 Å².